The Bertz CT molecular complexity index is 1030. The summed E-state index contributed by atoms with van der Waals surface area (Å²) in [6.07, 6.45) is 3.66. The Labute approximate surface area is 145 Å². The van der Waals surface area contributed by atoms with Crippen LogP contribution < -0.4 is 4.74 Å². The van der Waals surface area contributed by atoms with Crippen molar-refractivity contribution in [2.24, 2.45) is 0 Å². The maximum Gasteiger partial charge on any atom is 0.177 e. The topological polar surface area (TPSA) is 75.8 Å². The highest BCUT2D eigenvalue weighted by molar-refractivity contribution is 5.89. The second kappa shape index (κ2) is 5.60. The first-order valence-electron chi connectivity index (χ1n) is 8.10. The molecule has 2 N–H and O–H groups in total. The van der Waals surface area contributed by atoms with Gasteiger partial charge in [-0.1, -0.05) is 0 Å². The number of H-pyrrole nitrogens is 2. The minimum absolute atomic E-state index is 0.664. The maximum atomic E-state index is 5.98. The fourth-order valence-electron chi connectivity index (χ4n) is 3.42. The molecule has 1 unspecified atom stereocenters. The number of hydrogen-bond acceptors (Lipinski definition) is 4. The minimum Gasteiger partial charge on any atom is -0.496 e. The van der Waals surface area contributed by atoms with Crippen molar-refractivity contribution in [3.8, 4) is 5.75 Å². The monoisotopic (exact) mass is 336 g/mol. The summed E-state index contributed by atoms with van der Waals surface area (Å²) >= 11 is 0. The lowest BCUT2D eigenvalue weighted by atomic mass is 9.89. The van der Waals surface area contributed by atoms with E-state index in [9.17, 15) is 0 Å². The van der Waals surface area contributed by atoms with Crippen LogP contribution in [0.1, 0.15) is 23.9 Å². The molecule has 6 heteroatoms. The Balaban J connectivity index is 2.04. The molecular weight excluding hydrogens is 316 g/mol. The van der Waals surface area contributed by atoms with E-state index in [-0.39, 0.29) is 0 Å². The molecule has 6 nitrogen and oxygen atoms in total. The van der Waals surface area contributed by atoms with Gasteiger partial charge in [-0.15, -0.1) is 0 Å². The average Bonchev–Trinajstić information content (AvgIpc) is 3.28. The van der Waals surface area contributed by atoms with Gasteiger partial charge in [0.05, 0.1) is 12.6 Å². The summed E-state index contributed by atoms with van der Waals surface area (Å²) in [5, 5.41) is 1.05. The van der Waals surface area contributed by atoms with E-state index in [4.69, 9.17) is 9.47 Å². The van der Waals surface area contributed by atoms with Gasteiger partial charge in [0.2, 0.25) is 0 Å². The first kappa shape index (κ1) is 15.7. The van der Waals surface area contributed by atoms with Crippen molar-refractivity contribution in [2.45, 2.75) is 19.4 Å². The van der Waals surface area contributed by atoms with Gasteiger partial charge in [-0.3, -0.25) is 0 Å². The summed E-state index contributed by atoms with van der Waals surface area (Å²) in [7, 11) is 3.35. The van der Waals surface area contributed by atoms with E-state index < -0.39 is 5.60 Å². The second-order valence-electron chi connectivity index (χ2n) is 6.23. The molecule has 3 heterocycles. The van der Waals surface area contributed by atoms with Gasteiger partial charge in [-0.25, -0.2) is 9.97 Å². The smallest absolute Gasteiger partial charge is 0.177 e. The van der Waals surface area contributed by atoms with Crippen LogP contribution in [0.3, 0.4) is 0 Å². The molecule has 0 bridgehead atoms. The van der Waals surface area contributed by atoms with Gasteiger partial charge in [-0.2, -0.15) is 0 Å². The van der Waals surface area contributed by atoms with Crippen LogP contribution in [0.25, 0.3) is 22.1 Å². The Kier molecular flexibility index (Phi) is 3.51. The molecule has 0 aliphatic heterocycles. The van der Waals surface area contributed by atoms with Crippen molar-refractivity contribution >= 4 is 22.1 Å². The lowest BCUT2D eigenvalue weighted by Gasteiger charge is -2.29. The number of fused-ring (bicyclic) bond motifs is 2. The van der Waals surface area contributed by atoms with Gasteiger partial charge in [0.15, 0.2) is 11.2 Å². The third-order valence-electron chi connectivity index (χ3n) is 4.82. The zero-order valence-electron chi connectivity index (χ0n) is 14.7. The van der Waals surface area contributed by atoms with Crippen molar-refractivity contribution in [1.29, 1.82) is 0 Å². The molecule has 0 radical (unpaired) electrons. The number of aromatic amines is 2. The van der Waals surface area contributed by atoms with Gasteiger partial charge >= 0.3 is 0 Å². The zero-order chi connectivity index (χ0) is 17.6. The van der Waals surface area contributed by atoms with E-state index in [0.29, 0.717) is 11.5 Å². The number of benzene rings is 1. The lowest BCUT2D eigenvalue weighted by Crippen LogP contribution is -2.28. The number of ether oxygens (including phenoxy) is 2. The summed E-state index contributed by atoms with van der Waals surface area (Å²) in [5.74, 6) is 1.45. The fourth-order valence-corrected chi connectivity index (χ4v) is 3.42. The molecular formula is C19H20N4O2. The summed E-state index contributed by atoms with van der Waals surface area (Å²) in [6, 6.07) is 7.89. The molecule has 25 heavy (non-hydrogen) atoms. The predicted octanol–water partition coefficient (Wildman–Crippen LogP) is 3.67. The number of aryl methyl sites for hydroxylation is 1. The largest absolute Gasteiger partial charge is 0.496 e. The molecule has 0 spiro atoms. The van der Waals surface area contributed by atoms with Crippen LogP contribution in [0.15, 0.2) is 36.7 Å². The van der Waals surface area contributed by atoms with E-state index in [2.05, 4.69) is 26.9 Å². The molecule has 0 aliphatic carbocycles. The highest BCUT2D eigenvalue weighted by atomic mass is 16.5. The Morgan fingerprint density at radius 2 is 2.04 bits per heavy atom. The van der Waals surface area contributed by atoms with Crippen LogP contribution in [0.2, 0.25) is 0 Å². The van der Waals surface area contributed by atoms with Gasteiger partial charge < -0.3 is 19.4 Å². The normalized spacial score (nSPS) is 14.1. The molecule has 4 aromatic rings. The van der Waals surface area contributed by atoms with Crippen molar-refractivity contribution in [3.63, 3.8) is 0 Å². The van der Waals surface area contributed by atoms with E-state index >= 15 is 0 Å². The van der Waals surface area contributed by atoms with E-state index in [1.807, 2.05) is 37.4 Å². The third kappa shape index (κ3) is 2.21. The number of methoxy groups -OCH3 is 2. The van der Waals surface area contributed by atoms with E-state index in [1.165, 1.54) is 0 Å². The molecule has 3 aromatic heterocycles. The molecule has 0 saturated carbocycles. The van der Waals surface area contributed by atoms with Gasteiger partial charge in [0.1, 0.15) is 11.6 Å². The van der Waals surface area contributed by atoms with Crippen molar-refractivity contribution in [2.75, 3.05) is 14.2 Å². The summed E-state index contributed by atoms with van der Waals surface area (Å²) in [4.78, 5) is 15.6. The first-order chi connectivity index (χ1) is 12.1. The average molecular weight is 336 g/mol. The maximum absolute atomic E-state index is 5.98. The van der Waals surface area contributed by atoms with Gasteiger partial charge in [0.25, 0.3) is 0 Å². The van der Waals surface area contributed by atoms with Gasteiger partial charge in [-0.05, 0) is 43.7 Å². The number of rotatable bonds is 4. The number of aromatic nitrogens is 4. The van der Waals surface area contributed by atoms with Crippen molar-refractivity contribution in [3.05, 3.63) is 53.6 Å². The Morgan fingerprint density at radius 1 is 1.20 bits per heavy atom. The SMILES string of the molecule is COc1cc(C)c2[nH]ccc2c1C(C)(OC)c1nc2ncccc2[nH]1. The summed E-state index contributed by atoms with van der Waals surface area (Å²) in [5.41, 5.74) is 3.83. The highest BCUT2D eigenvalue weighted by Crippen LogP contribution is 2.42. The van der Waals surface area contributed by atoms with Crippen LogP contribution in [0.4, 0.5) is 0 Å². The first-order valence-corrected chi connectivity index (χ1v) is 8.10. The van der Waals surface area contributed by atoms with E-state index in [0.717, 1.165) is 33.3 Å². The molecule has 1 atom stereocenters. The molecule has 0 saturated heterocycles. The minimum atomic E-state index is -0.819. The number of nitrogens with zero attached hydrogens (tertiary/aromatic N) is 2. The van der Waals surface area contributed by atoms with Crippen LogP contribution in [0.5, 0.6) is 5.75 Å². The van der Waals surface area contributed by atoms with Crippen LogP contribution in [-0.4, -0.2) is 34.2 Å². The molecule has 0 aliphatic rings. The second-order valence-corrected chi connectivity index (χ2v) is 6.23. The number of hydrogen-bond donors (Lipinski definition) is 2. The summed E-state index contributed by atoms with van der Waals surface area (Å²) < 4.78 is 11.7. The van der Waals surface area contributed by atoms with Crippen LogP contribution in [0, 0.1) is 6.92 Å². The number of imidazole rings is 1. The lowest BCUT2D eigenvalue weighted by molar-refractivity contribution is 0.0316. The number of pyridine rings is 1. The summed E-state index contributed by atoms with van der Waals surface area (Å²) in [6.45, 7) is 4.05. The molecule has 1 aromatic carbocycles. The van der Waals surface area contributed by atoms with Crippen molar-refractivity contribution < 1.29 is 9.47 Å². The van der Waals surface area contributed by atoms with E-state index in [1.54, 1.807) is 20.4 Å². The number of nitrogens with one attached hydrogen (secondary N) is 2. The fraction of sp³-hybridized carbons (Fsp3) is 0.263. The standard InChI is InChI=1S/C19H20N4O2/c1-11-10-14(24-3)15(12-7-9-20-16(11)12)19(2,25-4)18-22-13-6-5-8-21-17(13)23-18/h5-10,20H,1-4H3,(H,21,22,23). The Hall–Kier alpha value is -2.86. The van der Waals surface area contributed by atoms with Crippen molar-refractivity contribution in [1.82, 2.24) is 19.9 Å². The molecule has 0 amide bonds. The van der Waals surface area contributed by atoms with Gasteiger partial charge in [0, 0.05) is 36.0 Å². The predicted molar refractivity (Wildman–Crippen MR) is 96.9 cm³/mol. The zero-order valence-corrected chi connectivity index (χ0v) is 14.7. The third-order valence-corrected chi connectivity index (χ3v) is 4.82. The van der Waals surface area contributed by atoms with Crippen LogP contribution in [-0.2, 0) is 10.3 Å². The highest BCUT2D eigenvalue weighted by Gasteiger charge is 2.37. The molecule has 4 rings (SSSR count). The quantitative estimate of drug-likeness (QED) is 0.596. The Morgan fingerprint density at radius 3 is 2.76 bits per heavy atom. The van der Waals surface area contributed by atoms with Crippen LogP contribution >= 0.6 is 0 Å². The molecule has 128 valence electrons. The molecule has 0 fully saturated rings.